The number of unbranched alkanes of at least 4 members (excludes halogenated alkanes) is 1. The summed E-state index contributed by atoms with van der Waals surface area (Å²) in [6.07, 6.45) is -3.06. The minimum atomic E-state index is -2.84. The van der Waals surface area contributed by atoms with Crippen molar-refractivity contribution < 1.29 is 53.1 Å². The van der Waals surface area contributed by atoms with Crippen LogP contribution >= 0.6 is 0 Å². The van der Waals surface area contributed by atoms with Crippen molar-refractivity contribution in [3.05, 3.63) is 0 Å². The van der Waals surface area contributed by atoms with Crippen LogP contribution in [0.2, 0.25) is 0 Å². The molecule has 0 saturated carbocycles. The van der Waals surface area contributed by atoms with Gasteiger partial charge >= 0.3 is 29.8 Å². The summed E-state index contributed by atoms with van der Waals surface area (Å²) < 4.78 is 17.8. The van der Waals surface area contributed by atoms with Crippen LogP contribution in [0.3, 0.4) is 0 Å². The first-order valence-corrected chi connectivity index (χ1v) is 7.57. The predicted octanol–water partition coefficient (Wildman–Crippen LogP) is -0.817. The van der Waals surface area contributed by atoms with Crippen LogP contribution in [-0.2, 0) is 42.9 Å². The lowest BCUT2D eigenvalue weighted by Crippen LogP contribution is -2.45. The number of carboxylic acid groups (broad SMARTS) is 1. The monoisotopic (exact) mass is 378 g/mol. The Bertz CT molecular complexity index is 526. The summed E-state index contributed by atoms with van der Waals surface area (Å²) in [5.74, 6) is -6.87. The molecule has 0 aromatic rings. The fraction of sp³-hybridized carbons (Fsp3) is 0.667. The molecule has 0 aliphatic rings. The van der Waals surface area contributed by atoms with E-state index in [4.69, 9.17) is 9.84 Å². The first-order chi connectivity index (χ1) is 12.1. The van der Waals surface area contributed by atoms with Crippen molar-refractivity contribution in [3.63, 3.8) is 0 Å². The van der Waals surface area contributed by atoms with Crippen molar-refractivity contribution >= 4 is 29.8 Å². The Balaban J connectivity index is 5.03. The molecule has 0 heterocycles. The molecule has 0 aromatic carbocycles. The molecule has 0 fully saturated rings. The van der Waals surface area contributed by atoms with Crippen molar-refractivity contribution in [2.45, 2.75) is 44.3 Å². The van der Waals surface area contributed by atoms with Crippen LogP contribution in [-0.4, -0.2) is 72.6 Å². The van der Waals surface area contributed by atoms with E-state index in [0.717, 1.165) is 20.6 Å². The van der Waals surface area contributed by atoms with Crippen LogP contribution in [0.5, 0.6) is 0 Å². The SMILES string of the molecule is CCCCOC(=O)CC(O)(CC(=O)OC(C(=O)OC)C(=O)OC)C(=O)O. The number of carbonyl (C=O) groups excluding carboxylic acids is 4. The second-order valence-electron chi connectivity index (χ2n) is 5.18. The molecule has 11 heteroatoms. The molecule has 0 saturated heterocycles. The van der Waals surface area contributed by atoms with Gasteiger partial charge in [0.2, 0.25) is 0 Å². The number of hydrogen-bond donors (Lipinski definition) is 2. The fourth-order valence-electron chi connectivity index (χ4n) is 1.65. The molecule has 0 spiro atoms. The van der Waals surface area contributed by atoms with Gasteiger partial charge in [-0.1, -0.05) is 13.3 Å². The molecule has 1 unspecified atom stereocenters. The Morgan fingerprint density at radius 3 is 1.88 bits per heavy atom. The molecule has 0 radical (unpaired) electrons. The Labute approximate surface area is 149 Å². The number of rotatable bonds is 11. The molecule has 11 nitrogen and oxygen atoms in total. The second kappa shape index (κ2) is 11.0. The van der Waals surface area contributed by atoms with Crippen molar-refractivity contribution in [2.75, 3.05) is 20.8 Å². The number of carboxylic acids is 1. The van der Waals surface area contributed by atoms with Crippen LogP contribution in [0.15, 0.2) is 0 Å². The van der Waals surface area contributed by atoms with Crippen molar-refractivity contribution in [3.8, 4) is 0 Å². The molecule has 0 aliphatic carbocycles. The third-order valence-corrected chi connectivity index (χ3v) is 3.11. The van der Waals surface area contributed by atoms with Gasteiger partial charge in [-0.3, -0.25) is 9.59 Å². The summed E-state index contributed by atoms with van der Waals surface area (Å²) in [7, 11) is 1.85. The van der Waals surface area contributed by atoms with Crippen LogP contribution in [0.25, 0.3) is 0 Å². The number of esters is 4. The minimum Gasteiger partial charge on any atom is -0.479 e. The summed E-state index contributed by atoms with van der Waals surface area (Å²) in [5, 5.41) is 19.2. The van der Waals surface area contributed by atoms with E-state index in [9.17, 15) is 29.1 Å². The van der Waals surface area contributed by atoms with E-state index >= 15 is 0 Å². The van der Waals surface area contributed by atoms with Gasteiger partial charge in [-0.25, -0.2) is 14.4 Å². The minimum absolute atomic E-state index is 0.0300. The van der Waals surface area contributed by atoms with Gasteiger partial charge in [-0.15, -0.1) is 0 Å². The van der Waals surface area contributed by atoms with Gasteiger partial charge in [0, 0.05) is 0 Å². The van der Waals surface area contributed by atoms with Crippen molar-refractivity contribution in [1.29, 1.82) is 0 Å². The Kier molecular flexibility index (Phi) is 9.89. The maximum atomic E-state index is 11.8. The Morgan fingerprint density at radius 1 is 0.962 bits per heavy atom. The maximum Gasteiger partial charge on any atom is 0.359 e. The highest BCUT2D eigenvalue weighted by atomic mass is 16.6. The molecule has 0 aromatic heterocycles. The zero-order chi connectivity index (χ0) is 20.3. The second-order valence-corrected chi connectivity index (χ2v) is 5.18. The maximum absolute atomic E-state index is 11.8. The summed E-state index contributed by atoms with van der Waals surface area (Å²) in [6, 6.07) is 0. The zero-order valence-electron chi connectivity index (χ0n) is 14.7. The Hall–Kier alpha value is -2.69. The third kappa shape index (κ3) is 7.47. The van der Waals surface area contributed by atoms with E-state index in [-0.39, 0.29) is 6.61 Å². The summed E-state index contributed by atoms with van der Waals surface area (Å²) in [6.45, 7) is 1.87. The highest BCUT2D eigenvalue weighted by Gasteiger charge is 2.43. The molecule has 26 heavy (non-hydrogen) atoms. The van der Waals surface area contributed by atoms with Gasteiger partial charge in [0.15, 0.2) is 5.60 Å². The number of aliphatic carboxylic acids is 1. The van der Waals surface area contributed by atoms with Gasteiger partial charge in [-0.05, 0) is 6.42 Å². The van der Waals surface area contributed by atoms with Crippen molar-refractivity contribution in [1.82, 2.24) is 0 Å². The smallest absolute Gasteiger partial charge is 0.359 e. The molecule has 148 valence electrons. The molecular formula is C15H22O11. The fourth-order valence-corrected chi connectivity index (χ4v) is 1.65. The first-order valence-electron chi connectivity index (χ1n) is 7.57. The summed E-state index contributed by atoms with van der Waals surface area (Å²) >= 11 is 0. The molecular weight excluding hydrogens is 356 g/mol. The van der Waals surface area contributed by atoms with Crippen LogP contribution in [0, 0.1) is 0 Å². The van der Waals surface area contributed by atoms with E-state index in [1.165, 1.54) is 0 Å². The number of methoxy groups -OCH3 is 2. The third-order valence-electron chi connectivity index (χ3n) is 3.11. The van der Waals surface area contributed by atoms with E-state index < -0.39 is 54.4 Å². The summed E-state index contributed by atoms with van der Waals surface area (Å²) in [4.78, 5) is 57.5. The molecule has 0 bridgehead atoms. The number of carbonyl (C=O) groups is 5. The Morgan fingerprint density at radius 2 is 1.46 bits per heavy atom. The predicted molar refractivity (Wildman–Crippen MR) is 81.6 cm³/mol. The number of hydrogen-bond acceptors (Lipinski definition) is 10. The number of aliphatic hydroxyl groups is 1. The van der Waals surface area contributed by atoms with Crippen molar-refractivity contribution in [2.24, 2.45) is 0 Å². The highest BCUT2D eigenvalue weighted by molar-refractivity contribution is 6.00. The van der Waals surface area contributed by atoms with Gasteiger partial charge in [0.05, 0.1) is 33.7 Å². The average molecular weight is 378 g/mol. The first kappa shape index (κ1) is 23.3. The molecule has 0 aliphatic heterocycles. The average Bonchev–Trinajstić information content (AvgIpc) is 2.58. The lowest BCUT2D eigenvalue weighted by Gasteiger charge is -2.22. The number of ether oxygens (including phenoxy) is 4. The molecule has 1 atom stereocenters. The standard InChI is InChI=1S/C15H22O11/c1-4-5-6-25-9(16)7-15(22,14(20)21)8-10(17)26-11(12(18)23-2)13(19)24-3/h11,22H,4-8H2,1-3H3,(H,20,21). The lowest BCUT2D eigenvalue weighted by atomic mass is 9.96. The largest absolute Gasteiger partial charge is 0.479 e. The molecule has 0 amide bonds. The van der Waals surface area contributed by atoms with Crippen LogP contribution in [0.4, 0.5) is 0 Å². The van der Waals surface area contributed by atoms with Gasteiger partial charge in [-0.2, -0.15) is 0 Å². The van der Waals surface area contributed by atoms with Crippen LogP contribution in [0.1, 0.15) is 32.6 Å². The van der Waals surface area contributed by atoms with Gasteiger partial charge < -0.3 is 29.2 Å². The zero-order valence-corrected chi connectivity index (χ0v) is 14.7. The normalized spacial score (nSPS) is 12.7. The van der Waals surface area contributed by atoms with E-state index in [0.29, 0.717) is 6.42 Å². The molecule has 0 rings (SSSR count). The van der Waals surface area contributed by atoms with Gasteiger partial charge in [0.1, 0.15) is 0 Å². The highest BCUT2D eigenvalue weighted by Crippen LogP contribution is 2.19. The van der Waals surface area contributed by atoms with E-state index in [1.54, 1.807) is 0 Å². The van der Waals surface area contributed by atoms with E-state index in [2.05, 4.69) is 14.2 Å². The van der Waals surface area contributed by atoms with E-state index in [1.807, 2.05) is 6.92 Å². The van der Waals surface area contributed by atoms with Crippen LogP contribution < -0.4 is 0 Å². The topological polar surface area (TPSA) is 163 Å². The molecule has 2 N–H and O–H groups in total. The quantitative estimate of drug-likeness (QED) is 0.200. The van der Waals surface area contributed by atoms with Gasteiger partial charge in [0.25, 0.3) is 6.10 Å². The lowest BCUT2D eigenvalue weighted by molar-refractivity contribution is -0.184. The summed E-state index contributed by atoms with van der Waals surface area (Å²) in [5.41, 5.74) is -2.84.